The maximum absolute atomic E-state index is 5.74. The number of hydrogen-bond acceptors (Lipinski definition) is 3. The molecule has 0 unspecified atom stereocenters. The van der Waals surface area contributed by atoms with Gasteiger partial charge in [-0.15, -0.1) is 0 Å². The summed E-state index contributed by atoms with van der Waals surface area (Å²) >= 11 is 0. The summed E-state index contributed by atoms with van der Waals surface area (Å²) in [4.78, 5) is 4.61. The van der Waals surface area contributed by atoms with Crippen molar-refractivity contribution >= 4 is 0 Å². The lowest BCUT2D eigenvalue weighted by molar-refractivity contribution is 0.161. The topological polar surface area (TPSA) is 31.4 Å². The summed E-state index contributed by atoms with van der Waals surface area (Å²) in [5.41, 5.74) is 3.62. The number of rotatable bonds is 2. The Hall–Kier alpha value is -1.25. The third kappa shape index (κ3) is 2.11. The molecule has 1 aromatic rings. The maximum atomic E-state index is 5.74. The lowest BCUT2D eigenvalue weighted by atomic mass is 9.93. The van der Waals surface area contributed by atoms with Crippen LogP contribution in [0.25, 0.3) is 0 Å². The molecule has 0 atom stereocenters. The zero-order valence-corrected chi connectivity index (χ0v) is 11.3. The molecule has 94 valence electrons. The normalized spacial score (nSPS) is 14.5. The maximum Gasteiger partial charge on any atom is 0.257 e. The second-order valence-corrected chi connectivity index (χ2v) is 5.18. The molecule has 0 aromatic carbocycles. The van der Waals surface area contributed by atoms with Gasteiger partial charge in [0.2, 0.25) is 0 Å². The molecule has 0 N–H and O–H groups in total. The smallest absolute Gasteiger partial charge is 0.257 e. The molecule has 0 spiro atoms. The van der Waals surface area contributed by atoms with Crippen LogP contribution in [0.4, 0.5) is 0 Å². The van der Waals surface area contributed by atoms with Crippen LogP contribution in [0.3, 0.4) is 0 Å². The van der Waals surface area contributed by atoms with Crippen LogP contribution in [0, 0.1) is 6.92 Å². The van der Waals surface area contributed by atoms with Crippen LogP contribution >= 0.6 is 0 Å². The fraction of sp³-hybridized carbons (Fsp3) is 0.643. The summed E-state index contributed by atoms with van der Waals surface area (Å²) in [6.45, 7) is 12.0. The monoisotopic (exact) mass is 235 g/mol. The van der Waals surface area contributed by atoms with Crippen LogP contribution in [0.5, 0.6) is 11.6 Å². The summed E-state index contributed by atoms with van der Waals surface area (Å²) in [6, 6.07) is 0. The third-order valence-corrected chi connectivity index (χ3v) is 3.14. The zero-order chi connectivity index (χ0) is 12.6. The first-order valence-electron chi connectivity index (χ1n) is 6.32. The third-order valence-electron chi connectivity index (χ3n) is 3.14. The summed E-state index contributed by atoms with van der Waals surface area (Å²) in [5, 5.41) is 0. The van der Waals surface area contributed by atoms with Gasteiger partial charge in [-0.3, -0.25) is 0 Å². The van der Waals surface area contributed by atoms with Crippen molar-refractivity contribution in [1.82, 2.24) is 4.98 Å². The van der Waals surface area contributed by atoms with Gasteiger partial charge in [-0.05, 0) is 24.3 Å². The Balaban J connectivity index is 2.64. The van der Waals surface area contributed by atoms with E-state index in [4.69, 9.17) is 9.47 Å². The van der Waals surface area contributed by atoms with E-state index in [2.05, 4.69) is 39.6 Å². The second kappa shape index (κ2) is 4.55. The van der Waals surface area contributed by atoms with Gasteiger partial charge >= 0.3 is 0 Å². The van der Waals surface area contributed by atoms with Gasteiger partial charge in [-0.25, -0.2) is 4.98 Å². The van der Waals surface area contributed by atoms with E-state index in [1.165, 1.54) is 11.1 Å². The second-order valence-electron chi connectivity index (χ2n) is 5.18. The highest BCUT2D eigenvalue weighted by molar-refractivity contribution is 5.51. The number of hydrogen-bond donors (Lipinski definition) is 0. The summed E-state index contributed by atoms with van der Waals surface area (Å²) in [7, 11) is 0. The van der Waals surface area contributed by atoms with Gasteiger partial charge in [-0.1, -0.05) is 27.7 Å². The molecule has 1 aliphatic heterocycles. The molecule has 0 saturated carbocycles. The summed E-state index contributed by atoms with van der Waals surface area (Å²) in [6.07, 6.45) is 0. The quantitative estimate of drug-likeness (QED) is 0.787. The Morgan fingerprint density at radius 1 is 1.00 bits per heavy atom. The van der Waals surface area contributed by atoms with Gasteiger partial charge in [-0.2, -0.15) is 0 Å². The van der Waals surface area contributed by atoms with Crippen molar-refractivity contribution in [3.05, 3.63) is 16.8 Å². The van der Waals surface area contributed by atoms with Gasteiger partial charge in [0, 0.05) is 5.56 Å². The molecule has 1 aliphatic rings. The number of ether oxygens (including phenoxy) is 2. The Bertz CT molecular complexity index is 425. The first-order chi connectivity index (χ1) is 8.02. The SMILES string of the molecule is Cc1c(C(C)C)nc2c(c1C(C)C)OCCO2. The largest absolute Gasteiger partial charge is 0.484 e. The van der Waals surface area contributed by atoms with E-state index in [0.717, 1.165) is 11.4 Å². The van der Waals surface area contributed by atoms with Crippen LogP contribution in [0.15, 0.2) is 0 Å². The van der Waals surface area contributed by atoms with Crippen molar-refractivity contribution in [3.63, 3.8) is 0 Å². The molecule has 0 bridgehead atoms. The van der Waals surface area contributed by atoms with Crippen molar-refractivity contribution < 1.29 is 9.47 Å². The minimum Gasteiger partial charge on any atom is -0.484 e. The molecule has 17 heavy (non-hydrogen) atoms. The molecule has 0 saturated heterocycles. The number of nitrogens with zero attached hydrogens (tertiary/aromatic N) is 1. The lowest BCUT2D eigenvalue weighted by Crippen LogP contribution is -2.20. The van der Waals surface area contributed by atoms with E-state index in [-0.39, 0.29) is 0 Å². The highest BCUT2D eigenvalue weighted by Crippen LogP contribution is 2.40. The Kier molecular flexibility index (Phi) is 3.27. The fourth-order valence-corrected chi connectivity index (χ4v) is 2.44. The van der Waals surface area contributed by atoms with Crippen LogP contribution in [0.2, 0.25) is 0 Å². The fourth-order valence-electron chi connectivity index (χ4n) is 2.44. The van der Waals surface area contributed by atoms with Gasteiger partial charge in [0.1, 0.15) is 13.2 Å². The summed E-state index contributed by atoms with van der Waals surface area (Å²) < 4.78 is 11.4. The molecule has 3 nitrogen and oxygen atoms in total. The van der Waals surface area contributed by atoms with E-state index in [9.17, 15) is 0 Å². The molecular formula is C14H21NO2. The van der Waals surface area contributed by atoms with Crippen LogP contribution < -0.4 is 9.47 Å². The van der Waals surface area contributed by atoms with Gasteiger partial charge in [0.25, 0.3) is 5.88 Å². The number of fused-ring (bicyclic) bond motifs is 1. The molecule has 2 rings (SSSR count). The van der Waals surface area contributed by atoms with Gasteiger partial charge < -0.3 is 9.47 Å². The standard InChI is InChI=1S/C14H21NO2/c1-8(2)11-10(5)12(9(3)4)15-14-13(11)16-6-7-17-14/h8-9H,6-7H2,1-5H3. The average molecular weight is 235 g/mol. The van der Waals surface area contributed by atoms with Crippen LogP contribution in [0.1, 0.15) is 56.4 Å². The highest BCUT2D eigenvalue weighted by Gasteiger charge is 2.24. The first kappa shape index (κ1) is 12.2. The van der Waals surface area contributed by atoms with E-state index < -0.39 is 0 Å². The molecule has 0 amide bonds. The minimum atomic E-state index is 0.406. The van der Waals surface area contributed by atoms with Crippen molar-refractivity contribution in [2.45, 2.75) is 46.5 Å². The molecule has 3 heteroatoms. The van der Waals surface area contributed by atoms with E-state index in [1.54, 1.807) is 0 Å². The minimum absolute atomic E-state index is 0.406. The van der Waals surface area contributed by atoms with E-state index in [1.807, 2.05) is 0 Å². The van der Waals surface area contributed by atoms with Gasteiger partial charge in [0.05, 0.1) is 5.69 Å². The molecule has 0 aliphatic carbocycles. The zero-order valence-electron chi connectivity index (χ0n) is 11.3. The number of aromatic nitrogens is 1. The van der Waals surface area contributed by atoms with Crippen molar-refractivity contribution in [3.8, 4) is 11.6 Å². The predicted octanol–water partition coefficient (Wildman–Crippen LogP) is 3.41. The average Bonchev–Trinajstić information content (AvgIpc) is 2.27. The van der Waals surface area contributed by atoms with E-state index in [0.29, 0.717) is 30.9 Å². The summed E-state index contributed by atoms with van der Waals surface area (Å²) in [5.74, 6) is 2.36. The molecule has 2 heterocycles. The van der Waals surface area contributed by atoms with Crippen LogP contribution in [-0.2, 0) is 0 Å². The predicted molar refractivity (Wildman–Crippen MR) is 68.1 cm³/mol. The molecule has 0 fully saturated rings. The molecule has 1 aromatic heterocycles. The van der Waals surface area contributed by atoms with Crippen molar-refractivity contribution in [1.29, 1.82) is 0 Å². The highest BCUT2D eigenvalue weighted by atomic mass is 16.6. The lowest BCUT2D eigenvalue weighted by Gasteiger charge is -2.25. The first-order valence-corrected chi connectivity index (χ1v) is 6.32. The molecular weight excluding hydrogens is 214 g/mol. The van der Waals surface area contributed by atoms with Crippen molar-refractivity contribution in [2.75, 3.05) is 13.2 Å². The van der Waals surface area contributed by atoms with Crippen LogP contribution in [-0.4, -0.2) is 18.2 Å². The Labute approximate surface area is 103 Å². The molecule has 0 radical (unpaired) electrons. The van der Waals surface area contributed by atoms with E-state index >= 15 is 0 Å². The Morgan fingerprint density at radius 2 is 1.65 bits per heavy atom. The van der Waals surface area contributed by atoms with Crippen molar-refractivity contribution in [2.24, 2.45) is 0 Å². The Morgan fingerprint density at radius 3 is 2.24 bits per heavy atom. The number of pyridine rings is 1. The van der Waals surface area contributed by atoms with Gasteiger partial charge in [0.15, 0.2) is 5.75 Å².